The molecule has 0 fully saturated rings. The molecule has 2 heteroatoms. The predicted molar refractivity (Wildman–Crippen MR) is 63.0 cm³/mol. The molecule has 0 saturated carbocycles. The summed E-state index contributed by atoms with van der Waals surface area (Å²) in [5, 5.41) is 3.15. The Morgan fingerprint density at radius 2 is 1.85 bits per heavy atom. The van der Waals surface area contributed by atoms with Crippen molar-refractivity contribution in [2.24, 2.45) is 0 Å². The first-order chi connectivity index (χ1) is 5.83. The molecule has 0 rings (SSSR count). The average Bonchev–Trinajstić information content (AvgIpc) is 1.95. The Morgan fingerprint density at radius 1 is 1.31 bits per heavy atom. The van der Waals surface area contributed by atoms with Gasteiger partial charge in [0.2, 0.25) is 0 Å². The molecule has 0 bridgehead atoms. The Hall–Kier alpha value is -0.810. The van der Waals surface area contributed by atoms with Crippen LogP contribution in [0.4, 0.5) is 0 Å². The van der Waals surface area contributed by atoms with Gasteiger partial charge in [-0.05, 0) is 31.3 Å². The van der Waals surface area contributed by atoms with Crippen molar-refractivity contribution < 1.29 is 4.74 Å². The maximum Gasteiger partial charge on any atom is 0.149 e. The fraction of sp³-hybridized carbons (Fsp3) is 0.455. The van der Waals surface area contributed by atoms with Gasteiger partial charge in [0.15, 0.2) is 0 Å². The van der Waals surface area contributed by atoms with E-state index in [4.69, 9.17) is 4.74 Å². The van der Waals surface area contributed by atoms with Gasteiger partial charge in [-0.1, -0.05) is 24.3 Å². The van der Waals surface area contributed by atoms with Gasteiger partial charge in [-0.15, -0.1) is 0 Å². The monoisotopic (exact) mass is 198 g/mol. The SMILES string of the molecule is C=C(C)C(=C)OCC#CS(C)(C)C. The molecule has 13 heavy (non-hydrogen) atoms. The Morgan fingerprint density at radius 3 is 2.23 bits per heavy atom. The van der Waals surface area contributed by atoms with E-state index in [1.165, 1.54) is 0 Å². The van der Waals surface area contributed by atoms with Crippen molar-refractivity contribution >= 4 is 10.0 Å². The minimum atomic E-state index is -0.736. The van der Waals surface area contributed by atoms with Gasteiger partial charge in [0.25, 0.3) is 0 Å². The van der Waals surface area contributed by atoms with Gasteiger partial charge in [-0.25, -0.2) is 0 Å². The minimum Gasteiger partial charge on any atom is -0.481 e. The molecule has 1 nitrogen and oxygen atoms in total. The summed E-state index contributed by atoms with van der Waals surface area (Å²) in [5.74, 6) is 3.60. The highest BCUT2D eigenvalue weighted by Crippen LogP contribution is 2.31. The first-order valence-electron chi connectivity index (χ1n) is 3.98. The molecular weight excluding hydrogens is 180 g/mol. The zero-order chi connectivity index (χ0) is 10.5. The third kappa shape index (κ3) is 7.55. The Kier molecular flexibility index (Phi) is 4.72. The molecule has 0 amide bonds. The third-order valence-electron chi connectivity index (χ3n) is 1.17. The van der Waals surface area contributed by atoms with Gasteiger partial charge in [-0.3, -0.25) is 0 Å². The highest BCUT2D eigenvalue weighted by Gasteiger charge is 1.96. The highest BCUT2D eigenvalue weighted by atomic mass is 32.3. The van der Waals surface area contributed by atoms with Crippen molar-refractivity contribution in [2.75, 3.05) is 25.4 Å². The van der Waals surface area contributed by atoms with E-state index in [-0.39, 0.29) is 0 Å². The van der Waals surface area contributed by atoms with Crippen LogP contribution in [0.15, 0.2) is 24.5 Å². The van der Waals surface area contributed by atoms with E-state index in [0.29, 0.717) is 12.4 Å². The standard InChI is InChI=1S/C11H18OS/c1-10(2)11(3)12-8-7-9-13(4,5)6/h1,3,8H2,2,4-6H3. The summed E-state index contributed by atoms with van der Waals surface area (Å²) >= 11 is 0. The van der Waals surface area contributed by atoms with Crippen LogP contribution in [0.1, 0.15) is 6.92 Å². The van der Waals surface area contributed by atoms with Crippen LogP contribution in [0.2, 0.25) is 0 Å². The van der Waals surface area contributed by atoms with Gasteiger partial charge in [-0.2, -0.15) is 10.0 Å². The minimum absolute atomic E-state index is 0.413. The summed E-state index contributed by atoms with van der Waals surface area (Å²) in [7, 11) is -0.736. The van der Waals surface area contributed by atoms with E-state index in [9.17, 15) is 0 Å². The Balaban J connectivity index is 3.85. The van der Waals surface area contributed by atoms with E-state index in [1.54, 1.807) is 0 Å². The Labute approximate surface area is 83.2 Å². The smallest absolute Gasteiger partial charge is 0.149 e. The molecule has 0 aliphatic heterocycles. The molecule has 0 aliphatic rings. The molecule has 0 saturated heterocycles. The van der Waals surface area contributed by atoms with E-state index >= 15 is 0 Å². The van der Waals surface area contributed by atoms with Crippen molar-refractivity contribution in [2.45, 2.75) is 6.92 Å². The summed E-state index contributed by atoms with van der Waals surface area (Å²) in [6, 6.07) is 0. The number of hydrogen-bond donors (Lipinski definition) is 0. The predicted octanol–water partition coefficient (Wildman–Crippen LogP) is 2.75. The molecule has 0 unspecified atom stereocenters. The lowest BCUT2D eigenvalue weighted by Gasteiger charge is -2.15. The molecule has 0 heterocycles. The van der Waals surface area contributed by atoms with Crippen molar-refractivity contribution in [3.8, 4) is 11.2 Å². The summed E-state index contributed by atoms with van der Waals surface area (Å²) in [6.45, 7) is 9.70. The van der Waals surface area contributed by atoms with Crippen LogP contribution in [0, 0.1) is 11.2 Å². The van der Waals surface area contributed by atoms with Gasteiger partial charge in [0.1, 0.15) is 12.4 Å². The molecule has 0 atom stereocenters. The van der Waals surface area contributed by atoms with Crippen LogP contribution in [-0.4, -0.2) is 25.4 Å². The number of ether oxygens (including phenoxy) is 1. The fourth-order valence-corrected chi connectivity index (χ4v) is 0.984. The first-order valence-corrected chi connectivity index (χ1v) is 6.84. The molecule has 74 valence electrons. The van der Waals surface area contributed by atoms with Crippen molar-refractivity contribution in [3.05, 3.63) is 24.5 Å². The summed E-state index contributed by atoms with van der Waals surface area (Å²) < 4.78 is 5.24. The molecule has 0 aliphatic carbocycles. The molecule has 0 aromatic carbocycles. The fourth-order valence-electron chi connectivity index (χ4n) is 0.492. The summed E-state index contributed by atoms with van der Waals surface area (Å²) in [4.78, 5) is 0. The normalized spacial score (nSPS) is 11.1. The number of hydrogen-bond acceptors (Lipinski definition) is 1. The van der Waals surface area contributed by atoms with E-state index in [0.717, 1.165) is 5.57 Å². The quantitative estimate of drug-likeness (QED) is 0.385. The second-order valence-corrected chi connectivity index (χ2v) is 7.49. The van der Waals surface area contributed by atoms with Crippen LogP contribution in [0.25, 0.3) is 0 Å². The second-order valence-electron chi connectivity index (χ2n) is 3.61. The van der Waals surface area contributed by atoms with Crippen LogP contribution in [0.5, 0.6) is 0 Å². The zero-order valence-corrected chi connectivity index (χ0v) is 9.75. The van der Waals surface area contributed by atoms with E-state index in [1.807, 2.05) is 6.92 Å². The first kappa shape index (κ1) is 12.2. The molecular formula is C11H18OS. The van der Waals surface area contributed by atoms with Crippen molar-refractivity contribution in [1.29, 1.82) is 0 Å². The van der Waals surface area contributed by atoms with Gasteiger partial charge >= 0.3 is 0 Å². The highest BCUT2D eigenvalue weighted by molar-refractivity contribution is 8.35. The molecule has 0 spiro atoms. The maximum atomic E-state index is 5.24. The van der Waals surface area contributed by atoms with Crippen LogP contribution >= 0.6 is 10.0 Å². The summed E-state index contributed by atoms with van der Waals surface area (Å²) in [5.41, 5.74) is 0.852. The summed E-state index contributed by atoms with van der Waals surface area (Å²) in [6.07, 6.45) is 6.44. The second kappa shape index (κ2) is 5.04. The maximum absolute atomic E-state index is 5.24. The van der Waals surface area contributed by atoms with Crippen LogP contribution in [0.3, 0.4) is 0 Å². The Bertz CT molecular complexity index is 260. The van der Waals surface area contributed by atoms with Gasteiger partial charge in [0.05, 0.1) is 0 Å². The molecule has 0 N–H and O–H groups in total. The van der Waals surface area contributed by atoms with E-state index in [2.05, 4.69) is 43.1 Å². The molecule has 0 radical (unpaired) electrons. The zero-order valence-electron chi connectivity index (χ0n) is 8.94. The lowest BCUT2D eigenvalue weighted by atomic mass is 10.3. The molecule has 0 aromatic heterocycles. The van der Waals surface area contributed by atoms with Crippen molar-refractivity contribution in [1.82, 2.24) is 0 Å². The average molecular weight is 198 g/mol. The number of allylic oxidation sites excluding steroid dienone is 1. The largest absolute Gasteiger partial charge is 0.481 e. The lowest BCUT2D eigenvalue weighted by Crippen LogP contribution is -1.93. The van der Waals surface area contributed by atoms with Crippen LogP contribution in [-0.2, 0) is 4.74 Å². The lowest BCUT2D eigenvalue weighted by molar-refractivity contribution is 0.264. The van der Waals surface area contributed by atoms with Gasteiger partial charge < -0.3 is 4.74 Å². The van der Waals surface area contributed by atoms with Gasteiger partial charge in [0, 0.05) is 0 Å². The van der Waals surface area contributed by atoms with Crippen molar-refractivity contribution in [3.63, 3.8) is 0 Å². The topological polar surface area (TPSA) is 9.23 Å². The van der Waals surface area contributed by atoms with Crippen LogP contribution < -0.4 is 0 Å². The third-order valence-corrected chi connectivity index (χ3v) is 1.93. The number of rotatable bonds is 3. The molecule has 0 aromatic rings. The van der Waals surface area contributed by atoms with E-state index < -0.39 is 10.0 Å².